The number of hydrogen-bond acceptors (Lipinski definition) is 5. The van der Waals surface area contributed by atoms with E-state index in [4.69, 9.17) is 4.74 Å². The molecule has 1 aliphatic carbocycles. The van der Waals surface area contributed by atoms with Crippen LogP contribution in [0.15, 0.2) is 65.9 Å². The Bertz CT molecular complexity index is 1030. The van der Waals surface area contributed by atoms with Crippen molar-refractivity contribution in [1.82, 2.24) is 4.90 Å². The van der Waals surface area contributed by atoms with Crippen LogP contribution in [0.1, 0.15) is 49.7 Å². The zero-order valence-corrected chi connectivity index (χ0v) is 19.4. The maximum Gasteiger partial charge on any atom is 0.335 e. The van der Waals surface area contributed by atoms with Crippen molar-refractivity contribution in [3.63, 3.8) is 0 Å². The molecule has 3 aliphatic rings. The topological polar surface area (TPSA) is 61.8 Å². The Morgan fingerprint density at radius 2 is 1.91 bits per heavy atom. The van der Waals surface area contributed by atoms with Crippen LogP contribution >= 0.6 is 0 Å². The smallest absolute Gasteiger partial charge is 0.335 e. The molecule has 2 heterocycles. The number of methoxy groups -OCH3 is 1. The van der Waals surface area contributed by atoms with Crippen molar-refractivity contribution >= 4 is 11.7 Å². The van der Waals surface area contributed by atoms with E-state index in [1.54, 1.807) is 0 Å². The Balaban J connectivity index is 1.58. The zero-order valence-electron chi connectivity index (χ0n) is 19.4. The first kappa shape index (κ1) is 22.2. The Kier molecular flexibility index (Phi) is 6.26. The number of aliphatic hydroxyl groups excluding tert-OH is 1. The predicted molar refractivity (Wildman–Crippen MR) is 130 cm³/mol. The highest BCUT2D eigenvalue weighted by Gasteiger charge is 2.60. The van der Waals surface area contributed by atoms with Gasteiger partial charge in [0, 0.05) is 37.1 Å². The summed E-state index contributed by atoms with van der Waals surface area (Å²) in [5.41, 5.74) is 5.47. The number of esters is 1. The van der Waals surface area contributed by atoms with Crippen molar-refractivity contribution in [2.75, 3.05) is 25.6 Å². The fraction of sp³-hybridized carbons (Fsp3) is 0.464. The van der Waals surface area contributed by atoms with Gasteiger partial charge in [0.2, 0.25) is 0 Å². The molecule has 0 bridgehead atoms. The molecule has 0 radical (unpaired) electrons. The molecule has 0 amide bonds. The van der Waals surface area contributed by atoms with E-state index in [0.29, 0.717) is 12.0 Å². The lowest BCUT2D eigenvalue weighted by atomic mass is 9.62. The van der Waals surface area contributed by atoms with Crippen molar-refractivity contribution in [2.45, 2.75) is 56.5 Å². The number of aliphatic hydroxyl groups is 1. The summed E-state index contributed by atoms with van der Waals surface area (Å²) in [6.07, 6.45) is 5.71. The minimum Gasteiger partial charge on any atom is -0.466 e. The summed E-state index contributed by atoms with van der Waals surface area (Å²) < 4.78 is 5.27. The van der Waals surface area contributed by atoms with Gasteiger partial charge in [0.15, 0.2) is 0 Å². The maximum absolute atomic E-state index is 13.0. The molecule has 174 valence electrons. The molecular weight excluding hydrogens is 412 g/mol. The first-order valence-corrected chi connectivity index (χ1v) is 12.3. The number of unbranched alkanes of at least 4 members (excludes halogenated alkanes) is 2. The second-order valence-corrected chi connectivity index (χ2v) is 9.68. The van der Waals surface area contributed by atoms with Gasteiger partial charge in [0.1, 0.15) is 0 Å². The summed E-state index contributed by atoms with van der Waals surface area (Å²) in [7, 11) is 1.49. The third-order valence-corrected chi connectivity index (χ3v) is 7.91. The number of fused-ring (bicyclic) bond motifs is 1. The number of likely N-dealkylation sites (tertiary alicyclic amines) is 1. The molecule has 5 nitrogen and oxygen atoms in total. The Labute approximate surface area is 196 Å². The van der Waals surface area contributed by atoms with Crippen molar-refractivity contribution in [3.05, 3.63) is 77.0 Å². The van der Waals surface area contributed by atoms with Gasteiger partial charge in [0.05, 0.1) is 18.1 Å². The van der Waals surface area contributed by atoms with Crippen LogP contribution in [0.3, 0.4) is 0 Å². The lowest BCUT2D eigenvalue weighted by Gasteiger charge is -2.46. The number of benzene rings is 2. The summed E-state index contributed by atoms with van der Waals surface area (Å²) in [6, 6.07) is 19.6. The maximum atomic E-state index is 13.0. The lowest BCUT2D eigenvalue weighted by Crippen LogP contribution is -2.51. The number of carbonyl (C=O) groups is 1. The highest BCUT2D eigenvalue weighted by atomic mass is 16.5. The molecule has 1 fully saturated rings. The molecule has 2 aliphatic heterocycles. The first-order valence-electron chi connectivity index (χ1n) is 12.3. The van der Waals surface area contributed by atoms with Gasteiger partial charge in [-0.25, -0.2) is 4.79 Å². The van der Waals surface area contributed by atoms with E-state index in [1.807, 2.05) is 0 Å². The number of ether oxygens (including phenoxy) is 1. The van der Waals surface area contributed by atoms with E-state index in [0.717, 1.165) is 68.6 Å². The molecule has 1 saturated heterocycles. The molecule has 33 heavy (non-hydrogen) atoms. The van der Waals surface area contributed by atoms with Crippen LogP contribution in [0, 0.1) is 5.92 Å². The predicted octanol–water partition coefficient (Wildman–Crippen LogP) is 4.62. The number of nitrogens with zero attached hydrogens (tertiary/aromatic N) is 1. The van der Waals surface area contributed by atoms with Crippen LogP contribution in [0.4, 0.5) is 5.69 Å². The lowest BCUT2D eigenvalue weighted by molar-refractivity contribution is -0.136. The largest absolute Gasteiger partial charge is 0.466 e. The number of anilines is 1. The van der Waals surface area contributed by atoms with Gasteiger partial charge in [0.25, 0.3) is 0 Å². The summed E-state index contributed by atoms with van der Waals surface area (Å²) in [4.78, 5) is 15.6. The van der Waals surface area contributed by atoms with Crippen LogP contribution in [0.2, 0.25) is 0 Å². The van der Waals surface area contributed by atoms with Crippen molar-refractivity contribution in [3.8, 4) is 0 Å². The molecule has 0 aromatic heterocycles. The minimum absolute atomic E-state index is 0.200. The Hall–Kier alpha value is -2.63. The first-order chi connectivity index (χ1) is 16.2. The molecule has 2 aromatic carbocycles. The van der Waals surface area contributed by atoms with E-state index in [1.165, 1.54) is 18.2 Å². The van der Waals surface area contributed by atoms with Crippen molar-refractivity contribution in [1.29, 1.82) is 0 Å². The third-order valence-electron chi connectivity index (χ3n) is 7.91. The van der Waals surface area contributed by atoms with Gasteiger partial charge in [-0.05, 0) is 48.8 Å². The average Bonchev–Trinajstić information content (AvgIpc) is 3.39. The fourth-order valence-electron chi connectivity index (χ4n) is 6.63. The van der Waals surface area contributed by atoms with E-state index in [-0.39, 0.29) is 18.0 Å². The molecule has 2 aromatic rings. The van der Waals surface area contributed by atoms with E-state index in [2.05, 4.69) is 64.8 Å². The van der Waals surface area contributed by atoms with Gasteiger partial charge in [-0.3, -0.25) is 4.90 Å². The van der Waals surface area contributed by atoms with Crippen molar-refractivity contribution < 1.29 is 14.6 Å². The quantitative estimate of drug-likeness (QED) is 0.458. The molecule has 0 unspecified atom stereocenters. The molecule has 1 spiro atoms. The SMILES string of the molecule is COC(=O)C1=C2Nc3ccccc3[C@]23CCN(Cc2ccccc2)[C@@H]3[C@@H](CCCCCO)C1. The van der Waals surface area contributed by atoms with E-state index in [9.17, 15) is 9.90 Å². The molecule has 5 rings (SSSR count). The van der Waals surface area contributed by atoms with Crippen LogP contribution in [-0.4, -0.2) is 42.3 Å². The van der Waals surface area contributed by atoms with Gasteiger partial charge < -0.3 is 15.2 Å². The fourth-order valence-corrected chi connectivity index (χ4v) is 6.63. The van der Waals surface area contributed by atoms with Crippen LogP contribution < -0.4 is 5.32 Å². The number of rotatable bonds is 8. The van der Waals surface area contributed by atoms with Crippen LogP contribution in [0.25, 0.3) is 0 Å². The van der Waals surface area contributed by atoms with E-state index >= 15 is 0 Å². The van der Waals surface area contributed by atoms with E-state index < -0.39 is 0 Å². The van der Waals surface area contributed by atoms with Crippen LogP contribution in [0.5, 0.6) is 0 Å². The minimum atomic E-state index is -0.204. The number of hydrogen-bond donors (Lipinski definition) is 2. The third kappa shape index (κ3) is 3.77. The summed E-state index contributed by atoms with van der Waals surface area (Å²) in [5.74, 6) is 0.158. The highest BCUT2D eigenvalue weighted by molar-refractivity contribution is 5.93. The monoisotopic (exact) mass is 446 g/mol. The zero-order chi connectivity index (χ0) is 22.8. The number of carbonyl (C=O) groups excluding carboxylic acids is 1. The molecule has 5 heteroatoms. The van der Waals surface area contributed by atoms with Gasteiger partial charge in [-0.1, -0.05) is 61.4 Å². The molecule has 2 N–H and O–H groups in total. The molecular formula is C28H34N2O3. The van der Waals surface area contributed by atoms with Gasteiger partial charge in [-0.2, -0.15) is 0 Å². The Morgan fingerprint density at radius 3 is 2.70 bits per heavy atom. The van der Waals surface area contributed by atoms with Crippen molar-refractivity contribution in [2.24, 2.45) is 5.92 Å². The molecule has 3 atom stereocenters. The second-order valence-electron chi connectivity index (χ2n) is 9.68. The summed E-state index contributed by atoms with van der Waals surface area (Å²) >= 11 is 0. The Morgan fingerprint density at radius 1 is 1.12 bits per heavy atom. The number of nitrogens with one attached hydrogen (secondary N) is 1. The number of para-hydroxylation sites is 1. The molecule has 0 saturated carbocycles. The summed E-state index contributed by atoms with van der Waals surface area (Å²) in [6.45, 7) is 2.16. The summed E-state index contributed by atoms with van der Waals surface area (Å²) in [5, 5.41) is 12.9. The van der Waals surface area contributed by atoms with Crippen LogP contribution in [-0.2, 0) is 21.5 Å². The second kappa shape index (κ2) is 9.32. The standard InChI is InChI=1S/C28H34N2O3/c1-33-27(32)22-18-21(12-6-3-9-17-31)26-28(23-13-7-8-14-24(23)29-25(22)28)15-16-30(26)19-20-10-4-2-5-11-20/h2,4-5,7-8,10-11,13-14,21,26,29,31H,3,6,9,12,15-19H2,1H3/t21-,26+,28+/m0/s1. The highest BCUT2D eigenvalue weighted by Crippen LogP contribution is 2.59. The van der Waals surface area contributed by atoms with Gasteiger partial charge in [-0.15, -0.1) is 0 Å². The average molecular weight is 447 g/mol. The normalized spacial score (nSPS) is 25.9. The van der Waals surface area contributed by atoms with Gasteiger partial charge >= 0.3 is 5.97 Å².